The topological polar surface area (TPSA) is 59.9 Å². The number of aryl methyl sites for hydroxylation is 2. The van der Waals surface area contributed by atoms with Crippen LogP contribution in [0.25, 0.3) is 22.2 Å². The number of carbonyl (C=O) groups is 1. The summed E-state index contributed by atoms with van der Waals surface area (Å²) in [4.78, 5) is 14.4. The number of nitrogens with one attached hydrogen (secondary N) is 1. The van der Waals surface area contributed by atoms with Gasteiger partial charge in [0.2, 0.25) is 5.82 Å². The van der Waals surface area contributed by atoms with E-state index in [1.54, 1.807) is 18.7 Å². The van der Waals surface area contributed by atoms with Crippen molar-refractivity contribution in [3.05, 3.63) is 34.7 Å². The lowest BCUT2D eigenvalue weighted by molar-refractivity contribution is 0.112. The van der Waals surface area contributed by atoms with Crippen LogP contribution >= 0.6 is 0 Å². The van der Waals surface area contributed by atoms with Gasteiger partial charge in [-0.15, -0.1) is 0 Å². The number of rotatable bonds is 3. The minimum Gasteiger partial charge on any atom is -0.494 e. The minimum absolute atomic E-state index is 0.0666. The van der Waals surface area contributed by atoms with Gasteiger partial charge in [0.25, 0.3) is 0 Å². The molecule has 2 aromatic heterocycles. The Labute approximate surface area is 130 Å². The van der Waals surface area contributed by atoms with Gasteiger partial charge in [0.1, 0.15) is 0 Å². The number of aldehydes is 1. The molecule has 0 fully saturated rings. The Balaban J connectivity index is 2.43. The van der Waals surface area contributed by atoms with Gasteiger partial charge >= 0.3 is 0 Å². The maximum atomic E-state index is 14.3. The molecule has 3 aromatic rings. The van der Waals surface area contributed by atoms with E-state index in [1.165, 1.54) is 13.2 Å². The lowest BCUT2D eigenvalue weighted by Gasteiger charge is -2.03. The third-order valence-corrected chi connectivity index (χ3v) is 4.08. The number of methoxy groups -OCH3 is 1. The van der Waals surface area contributed by atoms with E-state index in [0.29, 0.717) is 23.2 Å². The molecule has 1 N–H and O–H groups in total. The first-order valence-electron chi connectivity index (χ1n) is 6.94. The molecular formula is C16H15F2N3O2. The maximum absolute atomic E-state index is 14.3. The molecule has 23 heavy (non-hydrogen) atoms. The molecule has 0 saturated carbocycles. The fraction of sp³-hybridized carbons (Fsp3) is 0.250. The third-order valence-electron chi connectivity index (χ3n) is 4.08. The average Bonchev–Trinajstić information content (AvgIpc) is 3.00. The zero-order valence-corrected chi connectivity index (χ0v) is 13.1. The summed E-state index contributed by atoms with van der Waals surface area (Å²) < 4.78 is 34.7. The smallest absolute Gasteiger partial charge is 0.202 e. The molecule has 0 atom stereocenters. The van der Waals surface area contributed by atoms with Crippen LogP contribution in [0.2, 0.25) is 0 Å². The fourth-order valence-electron chi connectivity index (χ4n) is 2.87. The second-order valence-electron chi connectivity index (χ2n) is 5.33. The van der Waals surface area contributed by atoms with E-state index in [0.717, 1.165) is 5.69 Å². The summed E-state index contributed by atoms with van der Waals surface area (Å²) >= 11 is 0. The zero-order chi connectivity index (χ0) is 16.9. The van der Waals surface area contributed by atoms with Crippen LogP contribution in [0, 0.1) is 25.5 Å². The largest absolute Gasteiger partial charge is 0.494 e. The van der Waals surface area contributed by atoms with Crippen LogP contribution in [0.3, 0.4) is 0 Å². The summed E-state index contributed by atoms with van der Waals surface area (Å²) in [6.07, 6.45) is 0.622. The number of aromatic amines is 1. The molecule has 0 radical (unpaired) electrons. The van der Waals surface area contributed by atoms with Crippen molar-refractivity contribution in [2.24, 2.45) is 7.05 Å². The highest BCUT2D eigenvalue weighted by Crippen LogP contribution is 2.37. The molecule has 0 spiro atoms. The van der Waals surface area contributed by atoms with Crippen molar-refractivity contribution in [3.8, 4) is 17.0 Å². The molecule has 120 valence electrons. The lowest BCUT2D eigenvalue weighted by Crippen LogP contribution is -1.93. The summed E-state index contributed by atoms with van der Waals surface area (Å²) in [6.45, 7) is 3.63. The first-order chi connectivity index (χ1) is 10.9. The molecule has 0 amide bonds. The van der Waals surface area contributed by atoms with Crippen LogP contribution in [0.15, 0.2) is 6.07 Å². The predicted octanol–water partition coefficient (Wildman–Crippen LogP) is 3.28. The van der Waals surface area contributed by atoms with E-state index in [9.17, 15) is 13.6 Å². The highest BCUT2D eigenvalue weighted by Gasteiger charge is 2.24. The van der Waals surface area contributed by atoms with Gasteiger partial charge in [-0.05, 0) is 19.9 Å². The Bertz CT molecular complexity index is 941. The molecule has 0 aliphatic rings. The Morgan fingerprint density at radius 3 is 2.52 bits per heavy atom. The lowest BCUT2D eigenvalue weighted by atomic mass is 10.0. The number of hydrogen-bond donors (Lipinski definition) is 1. The summed E-state index contributed by atoms with van der Waals surface area (Å²) in [7, 11) is 3.02. The summed E-state index contributed by atoms with van der Waals surface area (Å²) in [5.41, 5.74) is 2.80. The van der Waals surface area contributed by atoms with Crippen LogP contribution in [0.4, 0.5) is 8.78 Å². The average molecular weight is 319 g/mol. The number of carbonyl (C=O) groups excluding carboxylic acids is 1. The molecule has 0 bridgehead atoms. The molecule has 7 heteroatoms. The van der Waals surface area contributed by atoms with Gasteiger partial charge < -0.3 is 9.72 Å². The van der Waals surface area contributed by atoms with Crippen LogP contribution in [0.5, 0.6) is 5.75 Å². The summed E-state index contributed by atoms with van der Waals surface area (Å²) in [5, 5.41) is 4.57. The fourth-order valence-corrected chi connectivity index (χ4v) is 2.87. The van der Waals surface area contributed by atoms with Gasteiger partial charge in [-0.2, -0.15) is 9.49 Å². The van der Waals surface area contributed by atoms with Crippen LogP contribution in [-0.2, 0) is 7.05 Å². The molecule has 5 nitrogen and oxygen atoms in total. The third kappa shape index (κ3) is 2.03. The molecule has 2 heterocycles. The number of fused-ring (bicyclic) bond motifs is 1. The van der Waals surface area contributed by atoms with E-state index >= 15 is 0 Å². The number of ether oxygens (including phenoxy) is 1. The molecule has 0 aliphatic carbocycles. The van der Waals surface area contributed by atoms with Gasteiger partial charge in [0.05, 0.1) is 24.0 Å². The molecule has 0 saturated heterocycles. The summed E-state index contributed by atoms with van der Waals surface area (Å²) in [5.74, 6) is -2.42. The molecule has 0 unspecified atom stereocenters. The second kappa shape index (κ2) is 5.19. The number of hydrogen-bond acceptors (Lipinski definition) is 3. The Hall–Kier alpha value is -2.70. The number of nitrogens with zero attached hydrogens (tertiary/aromatic N) is 2. The standard InChI is InChI=1S/C16H15F2N3O2/c1-7-12(8(2)21(3)20-7)15-10(6-22)9-5-11(23-4)13(17)14(18)16(9)19-15/h5-6,19H,1-4H3. The van der Waals surface area contributed by atoms with Crippen molar-refractivity contribution < 1.29 is 18.3 Å². The van der Waals surface area contributed by atoms with E-state index in [2.05, 4.69) is 10.1 Å². The number of halogens is 2. The summed E-state index contributed by atoms with van der Waals surface area (Å²) in [6, 6.07) is 1.32. The van der Waals surface area contributed by atoms with E-state index < -0.39 is 11.6 Å². The Morgan fingerprint density at radius 1 is 1.30 bits per heavy atom. The van der Waals surface area contributed by atoms with Gasteiger partial charge in [0.15, 0.2) is 17.9 Å². The molecule has 1 aromatic carbocycles. The van der Waals surface area contributed by atoms with Crippen molar-refractivity contribution >= 4 is 17.2 Å². The molecule has 0 aliphatic heterocycles. The van der Waals surface area contributed by atoms with Crippen molar-refractivity contribution in [2.75, 3.05) is 7.11 Å². The van der Waals surface area contributed by atoms with Gasteiger partial charge in [0, 0.05) is 29.3 Å². The monoisotopic (exact) mass is 319 g/mol. The predicted molar refractivity (Wildman–Crippen MR) is 81.8 cm³/mol. The van der Waals surface area contributed by atoms with Crippen molar-refractivity contribution in [1.29, 1.82) is 0 Å². The number of H-pyrrole nitrogens is 1. The number of aromatic nitrogens is 3. The van der Waals surface area contributed by atoms with Crippen LogP contribution in [-0.4, -0.2) is 28.2 Å². The van der Waals surface area contributed by atoms with E-state index in [-0.39, 0.29) is 22.2 Å². The van der Waals surface area contributed by atoms with Crippen molar-refractivity contribution in [3.63, 3.8) is 0 Å². The highest BCUT2D eigenvalue weighted by atomic mass is 19.2. The van der Waals surface area contributed by atoms with Crippen molar-refractivity contribution in [1.82, 2.24) is 14.8 Å². The number of benzene rings is 1. The zero-order valence-electron chi connectivity index (χ0n) is 13.1. The Morgan fingerprint density at radius 2 is 2.00 bits per heavy atom. The highest BCUT2D eigenvalue weighted by molar-refractivity contribution is 6.05. The van der Waals surface area contributed by atoms with E-state index in [1.807, 2.05) is 6.92 Å². The first kappa shape index (κ1) is 15.2. The quantitative estimate of drug-likeness (QED) is 0.754. The van der Waals surface area contributed by atoms with Crippen LogP contribution < -0.4 is 4.74 Å². The maximum Gasteiger partial charge on any atom is 0.202 e. The van der Waals surface area contributed by atoms with Crippen molar-refractivity contribution in [2.45, 2.75) is 13.8 Å². The Kier molecular flexibility index (Phi) is 3.43. The van der Waals surface area contributed by atoms with Gasteiger partial charge in [-0.25, -0.2) is 4.39 Å². The first-order valence-corrected chi connectivity index (χ1v) is 6.94. The van der Waals surface area contributed by atoms with E-state index in [4.69, 9.17) is 4.74 Å². The minimum atomic E-state index is -1.09. The van der Waals surface area contributed by atoms with Crippen LogP contribution in [0.1, 0.15) is 21.7 Å². The second-order valence-corrected chi connectivity index (χ2v) is 5.33. The van der Waals surface area contributed by atoms with Gasteiger partial charge in [-0.3, -0.25) is 9.48 Å². The van der Waals surface area contributed by atoms with Gasteiger partial charge in [-0.1, -0.05) is 0 Å². The normalized spacial score (nSPS) is 11.2. The SMILES string of the molecule is COc1cc2c(C=O)c(-c3c(C)nn(C)c3C)[nH]c2c(F)c1F. The molecule has 3 rings (SSSR count). The molecular weight excluding hydrogens is 304 g/mol.